The number of hydrogen-bond acceptors (Lipinski definition) is 6. The summed E-state index contributed by atoms with van der Waals surface area (Å²) in [6.07, 6.45) is 2.13. The number of nitrogens with zero attached hydrogens (tertiary/aromatic N) is 3. The minimum atomic E-state index is -1.24. The Hall–Kier alpha value is -4.28. The largest absolute Gasteiger partial charge is 0.493 e. The van der Waals surface area contributed by atoms with E-state index in [0.717, 1.165) is 5.56 Å². The monoisotopic (exact) mass is 528 g/mol. The number of pyridine rings is 1. The molecule has 0 radical (unpaired) electrons. The maximum Gasteiger partial charge on any atom is 0.259 e. The quantitative estimate of drug-likeness (QED) is 0.482. The molecule has 1 aromatic heterocycles. The Labute approximate surface area is 218 Å². The minimum Gasteiger partial charge on any atom is -0.493 e. The number of aromatic nitrogens is 1. The van der Waals surface area contributed by atoms with Crippen LogP contribution in [0.3, 0.4) is 0 Å². The van der Waals surface area contributed by atoms with E-state index in [-0.39, 0.29) is 19.0 Å². The van der Waals surface area contributed by atoms with Crippen molar-refractivity contribution in [2.24, 2.45) is 0 Å². The fourth-order valence-corrected chi connectivity index (χ4v) is 4.30. The molecule has 8 nitrogen and oxygen atoms in total. The number of methoxy groups -OCH3 is 2. The first-order valence-electron chi connectivity index (χ1n) is 11.9. The third kappa shape index (κ3) is 5.82. The predicted octanol–water partition coefficient (Wildman–Crippen LogP) is 3.45. The van der Waals surface area contributed by atoms with Gasteiger partial charge in [0.2, 0.25) is 0 Å². The van der Waals surface area contributed by atoms with Crippen LogP contribution in [0.4, 0.5) is 19.0 Å². The van der Waals surface area contributed by atoms with Crippen molar-refractivity contribution in [1.82, 2.24) is 15.2 Å². The minimum absolute atomic E-state index is 0.145. The normalized spacial score (nSPS) is 13.3. The Morgan fingerprint density at radius 1 is 0.947 bits per heavy atom. The zero-order valence-electron chi connectivity index (χ0n) is 21.0. The fourth-order valence-electron chi connectivity index (χ4n) is 4.30. The van der Waals surface area contributed by atoms with Crippen molar-refractivity contribution < 1.29 is 32.2 Å². The Bertz CT molecular complexity index is 1310. The number of carbonyl (C=O) groups is 2. The van der Waals surface area contributed by atoms with Crippen molar-refractivity contribution in [3.05, 3.63) is 82.8 Å². The second-order valence-corrected chi connectivity index (χ2v) is 8.59. The second-order valence-electron chi connectivity index (χ2n) is 8.59. The molecule has 200 valence electrons. The van der Waals surface area contributed by atoms with E-state index >= 15 is 0 Å². The topological polar surface area (TPSA) is 84.0 Å². The average molecular weight is 529 g/mol. The number of nitrogens with one attached hydrogen (secondary N) is 1. The first kappa shape index (κ1) is 26.8. The smallest absolute Gasteiger partial charge is 0.259 e. The van der Waals surface area contributed by atoms with Crippen LogP contribution >= 0.6 is 0 Å². The van der Waals surface area contributed by atoms with Crippen molar-refractivity contribution in [2.45, 2.75) is 6.42 Å². The maximum absolute atomic E-state index is 14.1. The Morgan fingerprint density at radius 2 is 1.63 bits per heavy atom. The van der Waals surface area contributed by atoms with Gasteiger partial charge in [0, 0.05) is 51.1 Å². The van der Waals surface area contributed by atoms with Gasteiger partial charge in [0.15, 0.2) is 11.5 Å². The van der Waals surface area contributed by atoms with E-state index in [2.05, 4.69) is 10.3 Å². The molecule has 1 aliphatic heterocycles. The molecule has 0 atom stereocenters. The fraction of sp³-hybridized carbons (Fsp3) is 0.296. The van der Waals surface area contributed by atoms with Crippen molar-refractivity contribution in [3.8, 4) is 11.5 Å². The van der Waals surface area contributed by atoms with E-state index in [1.807, 2.05) is 17.0 Å². The lowest BCUT2D eigenvalue weighted by Crippen LogP contribution is -2.49. The van der Waals surface area contributed by atoms with E-state index in [1.54, 1.807) is 38.6 Å². The van der Waals surface area contributed by atoms with E-state index in [4.69, 9.17) is 9.47 Å². The molecule has 1 saturated heterocycles. The van der Waals surface area contributed by atoms with Gasteiger partial charge in [-0.3, -0.25) is 9.59 Å². The zero-order chi connectivity index (χ0) is 27.2. The molecule has 0 saturated carbocycles. The number of carbonyl (C=O) groups excluding carboxylic acids is 2. The van der Waals surface area contributed by atoms with Crippen molar-refractivity contribution in [2.75, 3.05) is 51.8 Å². The summed E-state index contributed by atoms with van der Waals surface area (Å²) in [5, 5.41) is 2.90. The summed E-state index contributed by atoms with van der Waals surface area (Å²) in [4.78, 5) is 33.2. The Morgan fingerprint density at radius 3 is 2.29 bits per heavy atom. The van der Waals surface area contributed by atoms with Gasteiger partial charge in [0.25, 0.3) is 11.8 Å². The molecule has 2 heterocycles. The van der Waals surface area contributed by atoms with Gasteiger partial charge in [-0.15, -0.1) is 0 Å². The molecule has 1 N–H and O–H groups in total. The molecular weight excluding hydrogens is 501 g/mol. The first-order valence-corrected chi connectivity index (χ1v) is 11.9. The molecule has 11 heteroatoms. The number of halogens is 3. The molecule has 0 spiro atoms. The zero-order valence-corrected chi connectivity index (χ0v) is 21.0. The summed E-state index contributed by atoms with van der Waals surface area (Å²) < 4.78 is 51.9. The molecule has 0 bridgehead atoms. The van der Waals surface area contributed by atoms with Crippen LogP contribution in [-0.2, 0) is 6.42 Å². The highest BCUT2D eigenvalue weighted by molar-refractivity contribution is 5.99. The van der Waals surface area contributed by atoms with Crippen LogP contribution in [0.25, 0.3) is 0 Å². The second kappa shape index (κ2) is 11.8. The highest BCUT2D eigenvalue weighted by atomic mass is 19.1. The molecule has 38 heavy (non-hydrogen) atoms. The van der Waals surface area contributed by atoms with E-state index in [0.29, 0.717) is 61.1 Å². The van der Waals surface area contributed by atoms with E-state index < -0.39 is 28.9 Å². The van der Waals surface area contributed by atoms with Gasteiger partial charge in [-0.25, -0.2) is 18.2 Å². The summed E-state index contributed by atoms with van der Waals surface area (Å²) in [6, 6.07) is 9.84. The van der Waals surface area contributed by atoms with Crippen LogP contribution in [0.5, 0.6) is 11.5 Å². The molecule has 3 aromatic rings. The molecule has 4 rings (SSSR count). The molecule has 1 aliphatic rings. The molecule has 0 unspecified atom stereocenters. The Balaban J connectivity index is 1.37. The van der Waals surface area contributed by atoms with E-state index in [9.17, 15) is 22.8 Å². The lowest BCUT2D eigenvalue weighted by molar-refractivity contribution is 0.0735. The van der Waals surface area contributed by atoms with Gasteiger partial charge in [-0.05, 0) is 36.2 Å². The highest BCUT2D eigenvalue weighted by Gasteiger charge is 2.29. The number of benzene rings is 2. The maximum atomic E-state index is 14.1. The van der Waals surface area contributed by atoms with Gasteiger partial charge < -0.3 is 24.6 Å². The van der Waals surface area contributed by atoms with Gasteiger partial charge in [-0.2, -0.15) is 0 Å². The summed E-state index contributed by atoms with van der Waals surface area (Å²) in [6.45, 7) is 1.25. The van der Waals surface area contributed by atoms with Crippen LogP contribution in [0.1, 0.15) is 26.3 Å². The third-order valence-electron chi connectivity index (χ3n) is 6.27. The van der Waals surface area contributed by atoms with Crippen LogP contribution in [0.15, 0.2) is 48.7 Å². The van der Waals surface area contributed by atoms with Crippen molar-refractivity contribution >= 4 is 17.6 Å². The van der Waals surface area contributed by atoms with Crippen LogP contribution in [0, 0.1) is 17.5 Å². The SMILES string of the molecule is COc1ccc(CCNC(=O)c2cccnc2N2CCN(C(=O)c3c(F)cc(F)cc3F)CC2)cc1OC. The van der Waals surface area contributed by atoms with Crippen molar-refractivity contribution in [1.29, 1.82) is 0 Å². The third-order valence-corrected chi connectivity index (χ3v) is 6.27. The van der Waals surface area contributed by atoms with Gasteiger partial charge >= 0.3 is 0 Å². The van der Waals surface area contributed by atoms with Crippen LogP contribution in [-0.4, -0.2) is 68.6 Å². The van der Waals surface area contributed by atoms with Crippen molar-refractivity contribution in [3.63, 3.8) is 0 Å². The standard InChI is InChI=1S/C27H27F3N4O4/c1-37-22-6-5-17(14-23(22)38-2)7-9-32-26(35)19-4-3-8-31-25(19)33-10-12-34(13-11-33)27(36)24-20(29)15-18(28)16-21(24)30/h3-6,8,14-16H,7,9-13H2,1-2H3,(H,32,35). The highest BCUT2D eigenvalue weighted by Crippen LogP contribution is 2.27. The first-order chi connectivity index (χ1) is 18.3. The molecular formula is C27H27F3N4O4. The van der Waals surface area contributed by atoms with Gasteiger partial charge in [0.05, 0.1) is 19.8 Å². The average Bonchev–Trinajstić information content (AvgIpc) is 2.92. The summed E-state index contributed by atoms with van der Waals surface area (Å²) >= 11 is 0. The number of rotatable bonds is 8. The number of piperazine rings is 1. The summed E-state index contributed by atoms with van der Waals surface area (Å²) in [7, 11) is 3.12. The lowest BCUT2D eigenvalue weighted by Gasteiger charge is -2.36. The number of hydrogen-bond donors (Lipinski definition) is 1. The molecule has 1 fully saturated rings. The Kier molecular flexibility index (Phi) is 8.35. The van der Waals surface area contributed by atoms with E-state index in [1.165, 1.54) is 4.90 Å². The summed E-state index contributed by atoms with van der Waals surface area (Å²) in [5.74, 6) is -3.06. The van der Waals surface area contributed by atoms with Crippen LogP contribution in [0.2, 0.25) is 0 Å². The van der Waals surface area contributed by atoms with Gasteiger partial charge in [-0.1, -0.05) is 6.07 Å². The number of ether oxygens (including phenoxy) is 2. The number of anilines is 1. The molecule has 0 aliphatic carbocycles. The molecule has 2 aromatic carbocycles. The predicted molar refractivity (Wildman–Crippen MR) is 134 cm³/mol. The lowest BCUT2D eigenvalue weighted by atomic mass is 10.1. The molecule has 2 amide bonds. The number of amides is 2. The van der Waals surface area contributed by atoms with Crippen LogP contribution < -0.4 is 19.7 Å². The summed E-state index contributed by atoms with van der Waals surface area (Å²) in [5.41, 5.74) is 0.548. The van der Waals surface area contributed by atoms with Gasteiger partial charge in [0.1, 0.15) is 28.8 Å².